The molecule has 1 N–H and O–H groups in total. The smallest absolute Gasteiger partial charge is 0.230 e. The Balaban J connectivity index is 2.56. The quantitative estimate of drug-likeness (QED) is 0.866. The van der Waals surface area contributed by atoms with Crippen LogP contribution in [0.3, 0.4) is 0 Å². The highest BCUT2D eigenvalue weighted by molar-refractivity contribution is 7.99. The lowest BCUT2D eigenvalue weighted by molar-refractivity contribution is -0.118. The maximum Gasteiger partial charge on any atom is 0.230 e. The highest BCUT2D eigenvalue weighted by Gasteiger charge is 2.06. The minimum atomic E-state index is 0.0267. The number of carbonyl (C=O) groups is 1. The van der Waals surface area contributed by atoms with Crippen molar-refractivity contribution >= 4 is 29.3 Å². The van der Waals surface area contributed by atoms with Crippen molar-refractivity contribution < 1.29 is 9.53 Å². The molecule has 0 saturated heterocycles. The van der Waals surface area contributed by atoms with Crippen molar-refractivity contribution in [2.24, 2.45) is 0 Å². The summed E-state index contributed by atoms with van der Waals surface area (Å²) in [6, 6.07) is 5.36. The number of halogens is 1. The summed E-state index contributed by atoms with van der Waals surface area (Å²) in [6.45, 7) is 2.46. The summed E-state index contributed by atoms with van der Waals surface area (Å²) >= 11 is 7.50. The van der Waals surface area contributed by atoms with Crippen molar-refractivity contribution in [1.82, 2.24) is 5.32 Å². The molecule has 94 valence electrons. The van der Waals surface area contributed by atoms with Gasteiger partial charge in [0.25, 0.3) is 0 Å². The van der Waals surface area contributed by atoms with E-state index in [4.69, 9.17) is 16.3 Å². The van der Waals surface area contributed by atoms with Gasteiger partial charge in [-0.1, -0.05) is 18.5 Å². The molecule has 0 spiro atoms. The molecule has 0 atom stereocenters. The monoisotopic (exact) mass is 273 g/mol. The summed E-state index contributed by atoms with van der Waals surface area (Å²) < 4.78 is 5.20. The molecule has 0 heterocycles. The number of amides is 1. The van der Waals surface area contributed by atoms with E-state index in [1.54, 1.807) is 37.1 Å². The van der Waals surface area contributed by atoms with Gasteiger partial charge in [0.2, 0.25) is 5.91 Å². The van der Waals surface area contributed by atoms with Crippen molar-refractivity contribution in [3.63, 3.8) is 0 Å². The van der Waals surface area contributed by atoms with Gasteiger partial charge in [0, 0.05) is 17.1 Å². The fraction of sp³-hybridized carbons (Fsp3) is 0.417. The van der Waals surface area contributed by atoms with E-state index in [9.17, 15) is 4.79 Å². The van der Waals surface area contributed by atoms with Crippen LogP contribution in [-0.2, 0) is 11.3 Å². The number of carbonyl (C=O) groups excluding carboxylic acids is 1. The highest BCUT2D eigenvalue weighted by Crippen LogP contribution is 2.22. The van der Waals surface area contributed by atoms with Gasteiger partial charge < -0.3 is 10.1 Å². The molecule has 0 unspecified atom stereocenters. The highest BCUT2D eigenvalue weighted by atomic mass is 35.5. The topological polar surface area (TPSA) is 38.3 Å². The van der Waals surface area contributed by atoms with Crippen LogP contribution >= 0.6 is 23.4 Å². The molecule has 0 aliphatic heterocycles. The Labute approximate surface area is 111 Å². The third-order valence-corrected chi connectivity index (χ3v) is 3.27. The van der Waals surface area contributed by atoms with Gasteiger partial charge in [0.15, 0.2) is 0 Å². The normalized spacial score (nSPS) is 10.1. The average molecular weight is 274 g/mol. The Morgan fingerprint density at radius 3 is 2.94 bits per heavy atom. The molecular weight excluding hydrogens is 258 g/mol. The van der Waals surface area contributed by atoms with Crippen LogP contribution in [0.2, 0.25) is 5.02 Å². The number of methoxy groups -OCH3 is 1. The van der Waals surface area contributed by atoms with Crippen molar-refractivity contribution in [3.8, 4) is 5.75 Å². The summed E-state index contributed by atoms with van der Waals surface area (Å²) in [5, 5.41) is 3.47. The molecule has 17 heavy (non-hydrogen) atoms. The molecule has 1 aromatic rings. The van der Waals surface area contributed by atoms with Gasteiger partial charge in [0.1, 0.15) is 5.75 Å². The molecular formula is C12H16ClNO2S. The Kier molecular flexibility index (Phi) is 6.22. The zero-order chi connectivity index (χ0) is 12.7. The molecule has 1 amide bonds. The van der Waals surface area contributed by atoms with Gasteiger partial charge in [-0.05, 0) is 24.0 Å². The van der Waals surface area contributed by atoms with Gasteiger partial charge in [-0.15, -0.1) is 0 Å². The van der Waals surface area contributed by atoms with Crippen molar-refractivity contribution in [1.29, 1.82) is 0 Å². The second-order valence-corrected chi connectivity index (χ2v) is 5.08. The molecule has 0 fully saturated rings. The molecule has 5 heteroatoms. The third-order valence-electron chi connectivity index (χ3n) is 2.16. The number of hydrogen-bond acceptors (Lipinski definition) is 3. The van der Waals surface area contributed by atoms with Crippen molar-refractivity contribution in [2.75, 3.05) is 18.6 Å². The summed E-state index contributed by atoms with van der Waals surface area (Å²) in [4.78, 5) is 11.5. The van der Waals surface area contributed by atoms with Crippen molar-refractivity contribution in [3.05, 3.63) is 28.8 Å². The van der Waals surface area contributed by atoms with Crippen LogP contribution in [0.1, 0.15) is 12.5 Å². The number of benzene rings is 1. The van der Waals surface area contributed by atoms with E-state index >= 15 is 0 Å². The molecule has 1 rings (SSSR count). The first-order valence-corrected chi connectivity index (χ1v) is 6.87. The number of rotatable bonds is 6. The standard InChI is InChI=1S/C12H16ClNO2S/c1-3-17-8-12(15)14-7-9-6-10(13)4-5-11(9)16-2/h4-6H,3,7-8H2,1-2H3,(H,14,15). The number of thioether (sulfide) groups is 1. The maximum atomic E-state index is 11.5. The molecule has 3 nitrogen and oxygen atoms in total. The first-order chi connectivity index (χ1) is 8.17. The van der Waals surface area contributed by atoms with Crippen LogP contribution < -0.4 is 10.1 Å². The zero-order valence-electron chi connectivity index (χ0n) is 9.96. The Morgan fingerprint density at radius 1 is 1.53 bits per heavy atom. The maximum absolute atomic E-state index is 11.5. The van der Waals surface area contributed by atoms with Gasteiger partial charge in [-0.3, -0.25) is 4.79 Å². The van der Waals surface area contributed by atoms with E-state index in [-0.39, 0.29) is 5.91 Å². The van der Waals surface area contributed by atoms with Gasteiger partial charge in [-0.25, -0.2) is 0 Å². The van der Waals surface area contributed by atoms with Crippen LogP contribution in [0.25, 0.3) is 0 Å². The first-order valence-electron chi connectivity index (χ1n) is 5.34. The predicted octanol–water partition coefficient (Wildman–Crippen LogP) is 2.72. The van der Waals surface area contributed by atoms with E-state index in [2.05, 4.69) is 5.32 Å². The molecule has 0 aliphatic rings. The van der Waals surface area contributed by atoms with E-state index in [0.29, 0.717) is 17.3 Å². The summed E-state index contributed by atoms with van der Waals surface area (Å²) in [5.41, 5.74) is 0.884. The number of ether oxygens (including phenoxy) is 1. The Hall–Kier alpha value is -0.870. The minimum Gasteiger partial charge on any atom is -0.496 e. The predicted molar refractivity (Wildman–Crippen MR) is 72.8 cm³/mol. The average Bonchev–Trinajstić information content (AvgIpc) is 2.34. The summed E-state index contributed by atoms with van der Waals surface area (Å²) in [7, 11) is 1.60. The molecule has 0 aromatic heterocycles. The van der Waals surface area contributed by atoms with Gasteiger partial charge in [-0.2, -0.15) is 11.8 Å². The number of nitrogens with one attached hydrogen (secondary N) is 1. The van der Waals surface area contributed by atoms with Crippen LogP contribution in [0.15, 0.2) is 18.2 Å². The molecule has 0 bridgehead atoms. The fourth-order valence-corrected chi connectivity index (χ4v) is 2.01. The lowest BCUT2D eigenvalue weighted by Crippen LogP contribution is -2.24. The van der Waals surface area contributed by atoms with E-state index in [0.717, 1.165) is 17.1 Å². The molecule has 0 radical (unpaired) electrons. The Morgan fingerprint density at radius 2 is 2.29 bits per heavy atom. The van der Waals surface area contributed by atoms with Crippen LogP contribution in [0.4, 0.5) is 0 Å². The largest absolute Gasteiger partial charge is 0.496 e. The SMILES string of the molecule is CCSCC(=O)NCc1cc(Cl)ccc1OC. The van der Waals surface area contributed by atoms with Gasteiger partial charge >= 0.3 is 0 Å². The summed E-state index contributed by atoms with van der Waals surface area (Å²) in [5.74, 6) is 2.18. The van der Waals surface area contributed by atoms with Crippen molar-refractivity contribution in [2.45, 2.75) is 13.5 Å². The second kappa shape index (κ2) is 7.45. The van der Waals surface area contributed by atoms with Crippen LogP contribution in [-0.4, -0.2) is 24.5 Å². The lowest BCUT2D eigenvalue weighted by Gasteiger charge is -2.10. The van der Waals surface area contributed by atoms with E-state index in [1.807, 2.05) is 6.92 Å². The zero-order valence-corrected chi connectivity index (χ0v) is 11.5. The first kappa shape index (κ1) is 14.2. The van der Waals surface area contributed by atoms with Gasteiger partial charge in [0.05, 0.1) is 12.9 Å². The fourth-order valence-electron chi connectivity index (χ4n) is 1.32. The van der Waals surface area contributed by atoms with Crippen LogP contribution in [0, 0.1) is 0 Å². The number of hydrogen-bond donors (Lipinski definition) is 1. The molecule has 0 saturated carbocycles. The molecule has 0 aliphatic carbocycles. The lowest BCUT2D eigenvalue weighted by atomic mass is 10.2. The minimum absolute atomic E-state index is 0.0267. The Bertz CT molecular complexity index is 385. The van der Waals surface area contributed by atoms with E-state index < -0.39 is 0 Å². The van der Waals surface area contributed by atoms with E-state index in [1.165, 1.54) is 0 Å². The summed E-state index contributed by atoms with van der Waals surface area (Å²) in [6.07, 6.45) is 0. The second-order valence-electron chi connectivity index (χ2n) is 3.37. The van der Waals surface area contributed by atoms with Crippen LogP contribution in [0.5, 0.6) is 5.75 Å². The molecule has 1 aromatic carbocycles. The third kappa shape index (κ3) is 4.88.